The Bertz CT molecular complexity index is 574. The number of aromatic amines is 1. The highest BCUT2D eigenvalue weighted by Crippen LogP contribution is 2.23. The van der Waals surface area contributed by atoms with Crippen molar-refractivity contribution >= 4 is 0 Å². The van der Waals surface area contributed by atoms with Gasteiger partial charge in [-0.3, -0.25) is 5.10 Å². The maximum absolute atomic E-state index is 5.51. The first-order valence-corrected chi connectivity index (χ1v) is 7.82. The second-order valence-electron chi connectivity index (χ2n) is 5.71. The van der Waals surface area contributed by atoms with Crippen LogP contribution in [0, 0.1) is 5.92 Å². The van der Waals surface area contributed by atoms with Crippen LogP contribution in [-0.4, -0.2) is 37.1 Å². The zero-order valence-corrected chi connectivity index (χ0v) is 13.0. The molecule has 5 nitrogen and oxygen atoms in total. The molecule has 118 valence electrons. The zero-order valence-electron chi connectivity index (χ0n) is 13.0. The lowest BCUT2D eigenvalue weighted by Gasteiger charge is -2.22. The van der Waals surface area contributed by atoms with E-state index < -0.39 is 0 Å². The number of H-pyrrole nitrogens is 1. The van der Waals surface area contributed by atoms with Gasteiger partial charge in [-0.05, 0) is 43.0 Å². The van der Waals surface area contributed by atoms with E-state index in [9.17, 15) is 0 Å². The number of methoxy groups -OCH3 is 1. The fraction of sp³-hybridized carbons (Fsp3) is 0.471. The minimum atomic E-state index is 0.630. The van der Waals surface area contributed by atoms with Gasteiger partial charge in [0.15, 0.2) is 0 Å². The van der Waals surface area contributed by atoms with Crippen molar-refractivity contribution in [3.63, 3.8) is 0 Å². The number of ether oxygens (including phenoxy) is 2. The van der Waals surface area contributed by atoms with Gasteiger partial charge in [-0.15, -0.1) is 0 Å². The summed E-state index contributed by atoms with van der Waals surface area (Å²) in [5, 5.41) is 10.8. The van der Waals surface area contributed by atoms with Crippen molar-refractivity contribution in [3.05, 3.63) is 36.0 Å². The second kappa shape index (κ2) is 7.42. The van der Waals surface area contributed by atoms with Gasteiger partial charge in [0.1, 0.15) is 5.75 Å². The Morgan fingerprint density at radius 3 is 2.95 bits per heavy atom. The fourth-order valence-corrected chi connectivity index (χ4v) is 2.83. The molecule has 2 heterocycles. The topological polar surface area (TPSA) is 59.2 Å². The predicted octanol–water partition coefficient (Wildman–Crippen LogP) is 2.60. The van der Waals surface area contributed by atoms with Crippen molar-refractivity contribution in [2.24, 2.45) is 5.92 Å². The van der Waals surface area contributed by atoms with E-state index in [1.807, 2.05) is 30.5 Å². The van der Waals surface area contributed by atoms with Gasteiger partial charge in [-0.25, -0.2) is 0 Å². The van der Waals surface area contributed by atoms with E-state index in [1.165, 1.54) is 18.4 Å². The Balaban J connectivity index is 1.59. The molecular formula is C17H23N3O2. The summed E-state index contributed by atoms with van der Waals surface area (Å²) < 4.78 is 10.7. The van der Waals surface area contributed by atoms with Crippen molar-refractivity contribution in [2.75, 3.05) is 26.9 Å². The van der Waals surface area contributed by atoms with E-state index >= 15 is 0 Å². The molecule has 0 unspecified atom stereocenters. The molecule has 2 N–H and O–H groups in total. The van der Waals surface area contributed by atoms with E-state index in [-0.39, 0.29) is 0 Å². The SMILES string of the molecule is COc1ccc(-c2[nH]ncc2CNC[C@@H]2CCCOC2)cc1. The largest absolute Gasteiger partial charge is 0.497 e. The molecule has 0 amide bonds. The Morgan fingerprint density at radius 1 is 1.36 bits per heavy atom. The number of aromatic nitrogens is 2. The summed E-state index contributed by atoms with van der Waals surface area (Å²) in [4.78, 5) is 0. The van der Waals surface area contributed by atoms with Crippen LogP contribution in [-0.2, 0) is 11.3 Å². The van der Waals surface area contributed by atoms with Crippen molar-refractivity contribution in [1.82, 2.24) is 15.5 Å². The maximum atomic E-state index is 5.51. The molecule has 1 aromatic carbocycles. The summed E-state index contributed by atoms with van der Waals surface area (Å²) in [5.41, 5.74) is 3.37. The molecule has 0 bridgehead atoms. The van der Waals surface area contributed by atoms with E-state index in [4.69, 9.17) is 9.47 Å². The maximum Gasteiger partial charge on any atom is 0.118 e. The third-order valence-electron chi connectivity index (χ3n) is 4.10. The molecule has 3 rings (SSSR count). The summed E-state index contributed by atoms with van der Waals surface area (Å²) in [7, 11) is 1.68. The van der Waals surface area contributed by atoms with Crippen LogP contribution in [0.2, 0.25) is 0 Å². The lowest BCUT2D eigenvalue weighted by Crippen LogP contribution is -2.28. The quantitative estimate of drug-likeness (QED) is 0.861. The highest BCUT2D eigenvalue weighted by molar-refractivity contribution is 5.63. The van der Waals surface area contributed by atoms with E-state index in [2.05, 4.69) is 15.5 Å². The molecule has 1 fully saturated rings. The van der Waals surface area contributed by atoms with Gasteiger partial charge in [0.25, 0.3) is 0 Å². The van der Waals surface area contributed by atoms with Crippen LogP contribution in [0.4, 0.5) is 0 Å². The van der Waals surface area contributed by atoms with E-state index in [0.717, 1.165) is 43.3 Å². The molecule has 5 heteroatoms. The Morgan fingerprint density at radius 2 is 2.23 bits per heavy atom. The first-order chi connectivity index (χ1) is 10.9. The van der Waals surface area contributed by atoms with Gasteiger partial charge in [0, 0.05) is 30.8 Å². The molecule has 1 aromatic heterocycles. The number of hydrogen-bond donors (Lipinski definition) is 2. The van der Waals surface area contributed by atoms with Gasteiger partial charge in [0.2, 0.25) is 0 Å². The molecule has 1 aliphatic rings. The Labute approximate surface area is 131 Å². The monoisotopic (exact) mass is 301 g/mol. The molecule has 0 saturated carbocycles. The van der Waals surface area contributed by atoms with Crippen LogP contribution < -0.4 is 10.1 Å². The third-order valence-corrected chi connectivity index (χ3v) is 4.10. The number of nitrogens with one attached hydrogen (secondary N) is 2. The van der Waals surface area contributed by atoms with E-state index in [0.29, 0.717) is 5.92 Å². The van der Waals surface area contributed by atoms with Crippen molar-refractivity contribution < 1.29 is 9.47 Å². The summed E-state index contributed by atoms with van der Waals surface area (Å²) in [6, 6.07) is 8.02. The Hall–Kier alpha value is -1.85. The lowest BCUT2D eigenvalue weighted by atomic mass is 10.0. The lowest BCUT2D eigenvalue weighted by molar-refractivity contribution is 0.0547. The summed E-state index contributed by atoms with van der Waals surface area (Å²) in [6.45, 7) is 3.60. The molecule has 0 radical (unpaired) electrons. The number of nitrogens with zero attached hydrogens (tertiary/aromatic N) is 1. The van der Waals surface area contributed by atoms with Gasteiger partial charge in [0.05, 0.1) is 25.6 Å². The normalized spacial score (nSPS) is 18.3. The second-order valence-corrected chi connectivity index (χ2v) is 5.71. The van der Waals surface area contributed by atoms with Crippen molar-refractivity contribution in [1.29, 1.82) is 0 Å². The average molecular weight is 301 g/mol. The van der Waals surface area contributed by atoms with Crippen molar-refractivity contribution in [2.45, 2.75) is 19.4 Å². The number of benzene rings is 1. The molecule has 0 spiro atoms. The average Bonchev–Trinajstić information content (AvgIpc) is 3.04. The number of hydrogen-bond acceptors (Lipinski definition) is 4. The molecular weight excluding hydrogens is 278 g/mol. The molecule has 1 aliphatic heterocycles. The van der Waals surface area contributed by atoms with Crippen LogP contribution in [0.15, 0.2) is 30.5 Å². The highest BCUT2D eigenvalue weighted by Gasteiger charge is 2.14. The molecule has 1 atom stereocenters. The fourth-order valence-electron chi connectivity index (χ4n) is 2.83. The molecule has 2 aromatic rings. The Kier molecular flexibility index (Phi) is 5.08. The molecule has 22 heavy (non-hydrogen) atoms. The third kappa shape index (κ3) is 3.67. The van der Waals surface area contributed by atoms with Crippen LogP contribution in [0.25, 0.3) is 11.3 Å². The van der Waals surface area contributed by atoms with Gasteiger partial charge in [-0.1, -0.05) is 0 Å². The number of rotatable bonds is 6. The van der Waals surface area contributed by atoms with Gasteiger partial charge in [-0.2, -0.15) is 5.10 Å². The summed E-state index contributed by atoms with van der Waals surface area (Å²) in [5.74, 6) is 1.49. The zero-order chi connectivity index (χ0) is 15.2. The van der Waals surface area contributed by atoms with Crippen LogP contribution >= 0.6 is 0 Å². The first kappa shape index (κ1) is 15.1. The predicted molar refractivity (Wildman–Crippen MR) is 85.8 cm³/mol. The van der Waals surface area contributed by atoms with Gasteiger partial charge >= 0.3 is 0 Å². The minimum Gasteiger partial charge on any atom is -0.497 e. The van der Waals surface area contributed by atoms with Crippen LogP contribution in [0.5, 0.6) is 5.75 Å². The summed E-state index contributed by atoms with van der Waals surface area (Å²) >= 11 is 0. The van der Waals surface area contributed by atoms with Gasteiger partial charge < -0.3 is 14.8 Å². The minimum absolute atomic E-state index is 0.630. The molecule has 1 saturated heterocycles. The molecule has 0 aliphatic carbocycles. The van der Waals surface area contributed by atoms with E-state index in [1.54, 1.807) is 7.11 Å². The first-order valence-electron chi connectivity index (χ1n) is 7.82. The highest BCUT2D eigenvalue weighted by atomic mass is 16.5. The van der Waals surface area contributed by atoms with Crippen molar-refractivity contribution in [3.8, 4) is 17.0 Å². The summed E-state index contributed by atoms with van der Waals surface area (Å²) in [6.07, 6.45) is 4.32. The van der Waals surface area contributed by atoms with Crippen LogP contribution in [0.3, 0.4) is 0 Å². The smallest absolute Gasteiger partial charge is 0.118 e. The standard InChI is InChI=1S/C17H23N3O2/c1-21-16-6-4-14(5-7-16)17-15(11-19-20-17)10-18-9-13-3-2-8-22-12-13/h4-7,11,13,18H,2-3,8-10,12H2,1H3,(H,19,20)/t13-/m0/s1. The van der Waals surface area contributed by atoms with Crippen LogP contribution in [0.1, 0.15) is 18.4 Å².